The van der Waals surface area contributed by atoms with Gasteiger partial charge in [-0.2, -0.15) is 0 Å². The highest BCUT2D eigenvalue weighted by Gasteiger charge is 2.02. The first-order valence-corrected chi connectivity index (χ1v) is 6.81. The Morgan fingerprint density at radius 2 is 1.59 bits per heavy atom. The Balaban J connectivity index is 1.77. The number of rotatable bonds is 4. The van der Waals surface area contributed by atoms with E-state index in [9.17, 15) is 9.59 Å². The molecule has 0 aliphatic heterocycles. The second kappa shape index (κ2) is 6.13. The van der Waals surface area contributed by atoms with Crippen LogP contribution in [0, 0.1) is 0 Å². The van der Waals surface area contributed by atoms with E-state index in [0.29, 0.717) is 11.4 Å². The van der Waals surface area contributed by atoms with Crippen molar-refractivity contribution in [2.45, 2.75) is 6.61 Å². The molecule has 5 nitrogen and oxygen atoms in total. The smallest absolute Gasteiger partial charge is 0.310 e. The number of benzene rings is 2. The van der Waals surface area contributed by atoms with Crippen molar-refractivity contribution >= 4 is 0 Å². The molecule has 2 aromatic carbocycles. The molecule has 0 radical (unpaired) electrons. The Morgan fingerprint density at radius 3 is 2.36 bits per heavy atom. The normalized spacial score (nSPS) is 10.4. The fraction of sp³-hybridized carbons (Fsp3) is 0.0588. The second-order valence-electron chi connectivity index (χ2n) is 4.80. The van der Waals surface area contributed by atoms with Crippen molar-refractivity contribution in [2.75, 3.05) is 0 Å². The Kier molecular flexibility index (Phi) is 3.87. The summed E-state index contributed by atoms with van der Waals surface area (Å²) in [5.41, 5.74) is 1.40. The van der Waals surface area contributed by atoms with E-state index >= 15 is 0 Å². The Morgan fingerprint density at radius 1 is 0.818 bits per heavy atom. The summed E-state index contributed by atoms with van der Waals surface area (Å²) < 4.78 is 5.66. The maximum Gasteiger partial charge on any atom is 0.310 e. The molecule has 0 spiro atoms. The van der Waals surface area contributed by atoms with Crippen LogP contribution < -0.4 is 15.7 Å². The van der Waals surface area contributed by atoms with Crippen molar-refractivity contribution in [3.63, 3.8) is 0 Å². The number of aromatic amines is 2. The quantitative estimate of drug-likeness (QED) is 0.725. The highest BCUT2D eigenvalue weighted by Crippen LogP contribution is 2.23. The van der Waals surface area contributed by atoms with Gasteiger partial charge in [-0.05, 0) is 23.3 Å². The third-order valence-electron chi connectivity index (χ3n) is 3.20. The van der Waals surface area contributed by atoms with Crippen molar-refractivity contribution < 1.29 is 4.74 Å². The lowest BCUT2D eigenvalue weighted by molar-refractivity contribution is 0.299. The van der Waals surface area contributed by atoms with Crippen molar-refractivity contribution in [3.05, 3.63) is 86.9 Å². The summed E-state index contributed by atoms with van der Waals surface area (Å²) in [6.45, 7) is 0.171. The number of H-pyrrole nitrogens is 2. The molecule has 0 bridgehead atoms. The number of hydrogen-bond donors (Lipinski definition) is 2. The molecule has 1 aromatic heterocycles. The minimum Gasteiger partial charge on any atom is -0.487 e. The molecule has 0 aliphatic carbocycles. The van der Waals surface area contributed by atoms with Crippen LogP contribution in [-0.4, -0.2) is 10.2 Å². The lowest BCUT2D eigenvalue weighted by Crippen LogP contribution is -2.28. The Bertz CT molecular complexity index is 882. The van der Waals surface area contributed by atoms with Crippen molar-refractivity contribution in [1.82, 2.24) is 10.2 Å². The van der Waals surface area contributed by atoms with Gasteiger partial charge >= 0.3 is 5.56 Å². The van der Waals surface area contributed by atoms with Gasteiger partial charge in [-0.15, -0.1) is 0 Å². The molecule has 0 aliphatic rings. The van der Waals surface area contributed by atoms with Crippen LogP contribution in [0.15, 0.2) is 70.3 Å². The van der Waals surface area contributed by atoms with Crippen LogP contribution in [0.1, 0.15) is 5.69 Å². The fourth-order valence-electron chi connectivity index (χ4n) is 2.09. The van der Waals surface area contributed by atoms with Crippen LogP contribution in [-0.2, 0) is 6.61 Å². The Hall–Kier alpha value is -3.08. The largest absolute Gasteiger partial charge is 0.487 e. The van der Waals surface area contributed by atoms with Crippen molar-refractivity contribution in [3.8, 4) is 16.9 Å². The van der Waals surface area contributed by atoms with Crippen LogP contribution in [0.2, 0.25) is 0 Å². The van der Waals surface area contributed by atoms with Gasteiger partial charge < -0.3 is 4.74 Å². The lowest BCUT2D eigenvalue weighted by Gasteiger charge is -2.08. The molecule has 0 amide bonds. The number of nitrogens with one attached hydrogen (secondary N) is 2. The van der Waals surface area contributed by atoms with E-state index in [4.69, 9.17) is 4.74 Å². The lowest BCUT2D eigenvalue weighted by atomic mass is 10.1. The van der Waals surface area contributed by atoms with Gasteiger partial charge in [0.1, 0.15) is 12.4 Å². The standard InChI is InChI=1S/C17H14N2O3/c20-16-10-14(18-19-17(16)21)11-22-15-8-4-7-13(9-15)12-5-2-1-3-6-12/h1-10H,11H2,(H,18,20)(H,19,21). The van der Waals surface area contributed by atoms with Crippen LogP contribution in [0.25, 0.3) is 11.1 Å². The zero-order chi connectivity index (χ0) is 15.4. The topological polar surface area (TPSA) is 75.0 Å². The van der Waals surface area contributed by atoms with E-state index in [0.717, 1.165) is 11.1 Å². The minimum atomic E-state index is -0.671. The number of hydrogen-bond acceptors (Lipinski definition) is 3. The molecule has 2 N–H and O–H groups in total. The predicted octanol–water partition coefficient (Wildman–Crippen LogP) is 2.31. The average Bonchev–Trinajstić information content (AvgIpc) is 2.57. The fourth-order valence-corrected chi connectivity index (χ4v) is 2.09. The van der Waals surface area contributed by atoms with E-state index in [2.05, 4.69) is 10.2 Å². The van der Waals surface area contributed by atoms with Crippen LogP contribution in [0.5, 0.6) is 5.75 Å². The van der Waals surface area contributed by atoms with Gasteiger partial charge in [-0.25, -0.2) is 0 Å². The summed E-state index contributed by atoms with van der Waals surface area (Å²) in [7, 11) is 0. The monoisotopic (exact) mass is 294 g/mol. The van der Waals surface area contributed by atoms with Gasteiger partial charge in [0.25, 0.3) is 0 Å². The van der Waals surface area contributed by atoms with Gasteiger partial charge in [0.05, 0.1) is 5.69 Å². The highest BCUT2D eigenvalue weighted by molar-refractivity contribution is 5.64. The molecule has 3 aromatic rings. The SMILES string of the molecule is O=c1cc(COc2cccc(-c3ccccc3)c2)[nH][nH]c1=O. The molecule has 0 saturated carbocycles. The summed E-state index contributed by atoms with van der Waals surface area (Å²) in [6, 6.07) is 18.9. The molecule has 22 heavy (non-hydrogen) atoms. The van der Waals surface area contributed by atoms with E-state index in [1.54, 1.807) is 0 Å². The molecule has 0 fully saturated rings. The highest BCUT2D eigenvalue weighted by atomic mass is 16.5. The molecule has 0 atom stereocenters. The molecule has 5 heteroatoms. The van der Waals surface area contributed by atoms with Gasteiger partial charge in [0.15, 0.2) is 0 Å². The molecular weight excluding hydrogens is 280 g/mol. The second-order valence-corrected chi connectivity index (χ2v) is 4.80. The molecule has 1 heterocycles. The predicted molar refractivity (Wildman–Crippen MR) is 83.9 cm³/mol. The van der Waals surface area contributed by atoms with Gasteiger partial charge in [0, 0.05) is 6.07 Å². The van der Waals surface area contributed by atoms with Crippen molar-refractivity contribution in [1.29, 1.82) is 0 Å². The first kappa shape index (κ1) is 13.9. The maximum absolute atomic E-state index is 11.3. The molecule has 0 unspecified atom stereocenters. The first-order chi connectivity index (χ1) is 10.7. The third-order valence-corrected chi connectivity index (χ3v) is 3.20. The van der Waals surface area contributed by atoms with E-state index in [1.807, 2.05) is 54.6 Å². The van der Waals surface area contributed by atoms with E-state index in [1.165, 1.54) is 6.07 Å². The molecular formula is C17H14N2O3. The summed E-state index contributed by atoms with van der Waals surface area (Å²) >= 11 is 0. The third kappa shape index (κ3) is 3.15. The van der Waals surface area contributed by atoms with Crippen LogP contribution >= 0.6 is 0 Å². The zero-order valence-electron chi connectivity index (χ0n) is 11.7. The first-order valence-electron chi connectivity index (χ1n) is 6.81. The number of ether oxygens (including phenoxy) is 1. The van der Waals surface area contributed by atoms with Gasteiger partial charge in [-0.3, -0.25) is 19.8 Å². The van der Waals surface area contributed by atoms with Gasteiger partial charge in [-0.1, -0.05) is 42.5 Å². The maximum atomic E-state index is 11.3. The molecule has 3 rings (SSSR count). The summed E-state index contributed by atoms with van der Waals surface area (Å²) in [5.74, 6) is 0.688. The van der Waals surface area contributed by atoms with Crippen LogP contribution in [0.4, 0.5) is 0 Å². The minimum absolute atomic E-state index is 0.171. The van der Waals surface area contributed by atoms with E-state index in [-0.39, 0.29) is 6.61 Å². The average molecular weight is 294 g/mol. The van der Waals surface area contributed by atoms with Crippen molar-refractivity contribution in [2.24, 2.45) is 0 Å². The zero-order valence-corrected chi connectivity index (χ0v) is 11.7. The Labute approximate surface area is 126 Å². The number of aromatic nitrogens is 2. The summed E-state index contributed by atoms with van der Waals surface area (Å²) in [5, 5.41) is 4.90. The van der Waals surface area contributed by atoms with Crippen LogP contribution in [0.3, 0.4) is 0 Å². The summed E-state index contributed by atoms with van der Waals surface area (Å²) in [4.78, 5) is 22.3. The molecule has 0 saturated heterocycles. The summed E-state index contributed by atoms with van der Waals surface area (Å²) in [6.07, 6.45) is 0. The molecule has 110 valence electrons. The van der Waals surface area contributed by atoms with Gasteiger partial charge in [0.2, 0.25) is 5.43 Å². The van der Waals surface area contributed by atoms with E-state index < -0.39 is 11.0 Å².